The Balaban J connectivity index is 1.61. The Labute approximate surface area is 149 Å². The lowest BCUT2D eigenvalue weighted by Gasteiger charge is -2.22. The summed E-state index contributed by atoms with van der Waals surface area (Å²) < 4.78 is 1.19. The van der Waals surface area contributed by atoms with Crippen molar-refractivity contribution in [1.29, 1.82) is 0 Å². The molecule has 0 aliphatic heterocycles. The van der Waals surface area contributed by atoms with Crippen LogP contribution < -0.4 is 5.56 Å². The molecule has 25 heavy (non-hydrogen) atoms. The smallest absolute Gasteiger partial charge is 0.258 e. The predicted molar refractivity (Wildman–Crippen MR) is 102 cm³/mol. The van der Waals surface area contributed by atoms with E-state index >= 15 is 0 Å². The highest BCUT2D eigenvalue weighted by Gasteiger charge is 2.17. The Morgan fingerprint density at radius 1 is 1.08 bits per heavy atom. The molecule has 0 saturated carbocycles. The van der Waals surface area contributed by atoms with E-state index in [4.69, 9.17) is 0 Å². The molecule has 4 aromatic rings. The minimum absolute atomic E-state index is 0.0238. The number of aromatic nitrogens is 3. The van der Waals surface area contributed by atoms with Crippen LogP contribution in [0.3, 0.4) is 0 Å². The molecule has 0 aliphatic carbocycles. The molecule has 0 spiro atoms. The fourth-order valence-corrected chi connectivity index (χ4v) is 3.88. The highest BCUT2D eigenvalue weighted by atomic mass is 32.1. The van der Waals surface area contributed by atoms with Crippen molar-refractivity contribution in [3.05, 3.63) is 69.7 Å². The largest absolute Gasteiger partial charge is 0.309 e. The van der Waals surface area contributed by atoms with E-state index in [2.05, 4.69) is 25.9 Å². The van der Waals surface area contributed by atoms with E-state index in [-0.39, 0.29) is 11.6 Å². The van der Waals surface area contributed by atoms with E-state index in [9.17, 15) is 4.79 Å². The van der Waals surface area contributed by atoms with Crippen LogP contribution in [0.25, 0.3) is 21.1 Å². The first-order chi connectivity index (χ1) is 12.1. The first-order valence-electron chi connectivity index (χ1n) is 8.15. The van der Waals surface area contributed by atoms with E-state index in [1.807, 2.05) is 50.4 Å². The van der Waals surface area contributed by atoms with Crippen molar-refractivity contribution in [3.8, 4) is 0 Å². The number of nitrogens with one attached hydrogen (secondary N) is 1. The summed E-state index contributed by atoms with van der Waals surface area (Å²) in [5.74, 6) is 0.673. The Hall–Kier alpha value is -2.57. The lowest BCUT2D eigenvalue weighted by Crippen LogP contribution is -2.25. The lowest BCUT2D eigenvalue weighted by atomic mass is 10.2. The second-order valence-electron chi connectivity index (χ2n) is 6.13. The van der Waals surface area contributed by atoms with E-state index in [1.54, 1.807) is 17.4 Å². The van der Waals surface area contributed by atoms with E-state index in [1.165, 1.54) is 4.70 Å². The topological polar surface area (TPSA) is 61.9 Å². The second-order valence-corrected chi connectivity index (χ2v) is 7.25. The van der Waals surface area contributed by atoms with Crippen LogP contribution in [0.15, 0.2) is 53.3 Å². The van der Waals surface area contributed by atoms with Gasteiger partial charge in [0.05, 0.1) is 33.7 Å². The van der Waals surface area contributed by atoms with Gasteiger partial charge in [-0.25, -0.2) is 9.97 Å². The third kappa shape index (κ3) is 3.06. The molecule has 0 unspecified atom stereocenters. The highest BCUT2D eigenvalue weighted by molar-refractivity contribution is 7.18. The summed E-state index contributed by atoms with van der Waals surface area (Å²) in [6, 6.07) is 15.5. The maximum absolute atomic E-state index is 12.3. The molecule has 0 saturated heterocycles. The molecule has 2 heterocycles. The quantitative estimate of drug-likeness (QED) is 0.609. The Bertz CT molecular complexity index is 1070. The van der Waals surface area contributed by atoms with Crippen molar-refractivity contribution in [3.63, 3.8) is 0 Å². The molecule has 0 aliphatic rings. The fourth-order valence-electron chi connectivity index (χ4n) is 2.85. The first-order valence-corrected chi connectivity index (χ1v) is 8.97. The van der Waals surface area contributed by atoms with Crippen molar-refractivity contribution >= 4 is 32.5 Å². The number of thiazole rings is 1. The van der Waals surface area contributed by atoms with Gasteiger partial charge in [0, 0.05) is 0 Å². The van der Waals surface area contributed by atoms with Crippen LogP contribution in [0.2, 0.25) is 0 Å². The van der Waals surface area contributed by atoms with Crippen molar-refractivity contribution in [2.45, 2.75) is 19.5 Å². The van der Waals surface area contributed by atoms with Gasteiger partial charge in [-0.2, -0.15) is 0 Å². The molecule has 5 nitrogen and oxygen atoms in total. The number of nitrogens with zero attached hydrogens (tertiary/aromatic N) is 3. The SMILES string of the molecule is C[C@@H](c1nc2ccccc2c(=O)[nH]1)N(C)Cc1nc2ccccc2s1. The number of hydrogen-bond acceptors (Lipinski definition) is 5. The van der Waals surface area contributed by atoms with Gasteiger partial charge in [0.15, 0.2) is 0 Å². The minimum Gasteiger partial charge on any atom is -0.309 e. The summed E-state index contributed by atoms with van der Waals surface area (Å²) in [5.41, 5.74) is 1.66. The van der Waals surface area contributed by atoms with Crippen LogP contribution in [-0.2, 0) is 6.54 Å². The molecule has 0 amide bonds. The molecule has 1 N–H and O–H groups in total. The summed E-state index contributed by atoms with van der Waals surface area (Å²) in [6.07, 6.45) is 0. The lowest BCUT2D eigenvalue weighted by molar-refractivity contribution is 0.243. The maximum Gasteiger partial charge on any atom is 0.258 e. The van der Waals surface area contributed by atoms with Crippen LogP contribution in [0.5, 0.6) is 0 Å². The number of fused-ring (bicyclic) bond motifs is 2. The van der Waals surface area contributed by atoms with Crippen LogP contribution in [0.1, 0.15) is 23.8 Å². The van der Waals surface area contributed by atoms with Gasteiger partial charge in [-0.3, -0.25) is 9.69 Å². The van der Waals surface area contributed by atoms with Crippen LogP contribution in [0.4, 0.5) is 0 Å². The molecule has 4 rings (SSSR count). The molecule has 1 atom stereocenters. The Kier molecular flexibility index (Phi) is 4.07. The first kappa shape index (κ1) is 15.9. The standard InChI is InChI=1S/C19H18N4OS/c1-12(18-21-14-8-4-3-7-13(14)19(24)22-18)23(2)11-17-20-15-9-5-6-10-16(15)25-17/h3-10,12H,11H2,1-2H3,(H,21,22,24)/t12-/m0/s1. The number of aromatic amines is 1. The Morgan fingerprint density at radius 2 is 1.80 bits per heavy atom. The number of H-pyrrole nitrogens is 1. The predicted octanol–water partition coefficient (Wildman–Crippen LogP) is 3.73. The average molecular weight is 350 g/mol. The molecule has 126 valence electrons. The maximum atomic E-state index is 12.3. The zero-order chi connectivity index (χ0) is 17.4. The molecule has 0 radical (unpaired) electrons. The number of para-hydroxylation sites is 2. The molecule has 2 aromatic carbocycles. The zero-order valence-corrected chi connectivity index (χ0v) is 14.9. The second kappa shape index (κ2) is 6.38. The van der Waals surface area contributed by atoms with Gasteiger partial charge >= 0.3 is 0 Å². The summed E-state index contributed by atoms with van der Waals surface area (Å²) in [5, 5.41) is 1.67. The summed E-state index contributed by atoms with van der Waals surface area (Å²) in [4.78, 5) is 26.6. The molecule has 6 heteroatoms. The third-order valence-electron chi connectivity index (χ3n) is 4.41. The van der Waals surface area contributed by atoms with E-state index < -0.39 is 0 Å². The molecule has 2 aromatic heterocycles. The highest BCUT2D eigenvalue weighted by Crippen LogP contribution is 2.25. The molecule has 0 bridgehead atoms. The van der Waals surface area contributed by atoms with Crippen molar-refractivity contribution < 1.29 is 0 Å². The normalized spacial score (nSPS) is 12.9. The van der Waals surface area contributed by atoms with Gasteiger partial charge in [-0.05, 0) is 38.2 Å². The molecular formula is C19H18N4OS. The van der Waals surface area contributed by atoms with Crippen molar-refractivity contribution in [2.24, 2.45) is 0 Å². The van der Waals surface area contributed by atoms with Crippen LogP contribution in [0, 0.1) is 0 Å². The third-order valence-corrected chi connectivity index (χ3v) is 5.43. The van der Waals surface area contributed by atoms with E-state index in [0.29, 0.717) is 17.8 Å². The van der Waals surface area contributed by atoms with Gasteiger partial charge in [-0.15, -0.1) is 11.3 Å². The van der Waals surface area contributed by atoms with Gasteiger partial charge in [-0.1, -0.05) is 24.3 Å². The number of rotatable bonds is 4. The summed E-state index contributed by atoms with van der Waals surface area (Å²) >= 11 is 1.70. The van der Waals surface area contributed by atoms with Crippen molar-refractivity contribution in [2.75, 3.05) is 7.05 Å². The zero-order valence-electron chi connectivity index (χ0n) is 14.1. The minimum atomic E-state index is -0.0964. The van der Waals surface area contributed by atoms with Gasteiger partial charge in [0.2, 0.25) is 0 Å². The fraction of sp³-hybridized carbons (Fsp3) is 0.211. The van der Waals surface area contributed by atoms with Gasteiger partial charge in [0.1, 0.15) is 10.8 Å². The Morgan fingerprint density at radius 3 is 2.60 bits per heavy atom. The number of hydrogen-bond donors (Lipinski definition) is 1. The summed E-state index contributed by atoms with van der Waals surface area (Å²) in [7, 11) is 2.02. The van der Waals surface area contributed by atoms with E-state index in [0.717, 1.165) is 16.0 Å². The number of benzene rings is 2. The van der Waals surface area contributed by atoms with Gasteiger partial charge < -0.3 is 4.98 Å². The van der Waals surface area contributed by atoms with Crippen LogP contribution in [-0.4, -0.2) is 26.9 Å². The molecular weight excluding hydrogens is 332 g/mol. The average Bonchev–Trinajstić information content (AvgIpc) is 3.03. The monoisotopic (exact) mass is 350 g/mol. The van der Waals surface area contributed by atoms with Crippen LogP contribution >= 0.6 is 11.3 Å². The van der Waals surface area contributed by atoms with Crippen molar-refractivity contribution in [1.82, 2.24) is 19.9 Å². The molecule has 0 fully saturated rings. The van der Waals surface area contributed by atoms with Gasteiger partial charge in [0.25, 0.3) is 5.56 Å². The summed E-state index contributed by atoms with van der Waals surface area (Å²) in [6.45, 7) is 2.75.